The first-order chi connectivity index (χ1) is 14.3. The zero-order chi connectivity index (χ0) is 21.3. The minimum atomic E-state index is -1.11. The first-order valence-electron chi connectivity index (χ1n) is 9.21. The van der Waals surface area contributed by atoms with Crippen molar-refractivity contribution in [2.24, 2.45) is 0 Å². The van der Waals surface area contributed by atoms with Crippen molar-refractivity contribution < 1.29 is 18.7 Å². The van der Waals surface area contributed by atoms with Gasteiger partial charge in [0, 0.05) is 12.5 Å². The number of carbonyl (C=O) groups excluding carboxylic acids is 1. The first-order valence-corrected chi connectivity index (χ1v) is 9.21. The van der Waals surface area contributed by atoms with Crippen LogP contribution in [0.5, 0.6) is 0 Å². The van der Waals surface area contributed by atoms with Gasteiger partial charge in [-0.1, -0.05) is 30.3 Å². The maximum Gasteiger partial charge on any atom is 0.279 e. The average molecular weight is 408 g/mol. The zero-order valence-corrected chi connectivity index (χ0v) is 16.7. The second-order valence-corrected chi connectivity index (χ2v) is 7.18. The molecule has 0 atom stereocenters. The molecule has 154 valence electrons. The summed E-state index contributed by atoms with van der Waals surface area (Å²) in [5.74, 6) is 0.886. The standard InChI is InChI=1S/C20H20N6O4/c1-12-22-17(18(30-12)13-7-5-4-6-8-13)19(27)24-15-9-21-26(25-15)10-16-23-14(11-29-16)20(2,3)28/h4-9,11,28H,10H2,1-3H3,(H,24,25,27). The molecule has 4 rings (SSSR count). The largest absolute Gasteiger partial charge is 0.446 e. The van der Waals surface area contributed by atoms with Crippen LogP contribution in [0.3, 0.4) is 0 Å². The Morgan fingerprint density at radius 2 is 2.00 bits per heavy atom. The van der Waals surface area contributed by atoms with Crippen molar-refractivity contribution in [1.29, 1.82) is 0 Å². The Hall–Kier alpha value is -3.79. The molecule has 30 heavy (non-hydrogen) atoms. The predicted molar refractivity (Wildman–Crippen MR) is 106 cm³/mol. The van der Waals surface area contributed by atoms with E-state index in [9.17, 15) is 9.90 Å². The van der Waals surface area contributed by atoms with Gasteiger partial charge in [0.05, 0.1) is 6.20 Å². The molecule has 0 aliphatic heterocycles. The molecule has 0 spiro atoms. The second kappa shape index (κ2) is 7.56. The lowest BCUT2D eigenvalue weighted by Gasteiger charge is -2.11. The van der Waals surface area contributed by atoms with Crippen molar-refractivity contribution in [3.05, 3.63) is 66.0 Å². The van der Waals surface area contributed by atoms with E-state index in [0.717, 1.165) is 5.56 Å². The fourth-order valence-corrected chi connectivity index (χ4v) is 2.76. The Morgan fingerprint density at radius 1 is 1.23 bits per heavy atom. The van der Waals surface area contributed by atoms with Crippen LogP contribution in [0, 0.1) is 6.92 Å². The van der Waals surface area contributed by atoms with Crippen LogP contribution in [0.2, 0.25) is 0 Å². The lowest BCUT2D eigenvalue weighted by molar-refractivity contribution is 0.0737. The van der Waals surface area contributed by atoms with Crippen molar-refractivity contribution in [3.8, 4) is 11.3 Å². The fourth-order valence-electron chi connectivity index (χ4n) is 2.76. The van der Waals surface area contributed by atoms with Crippen LogP contribution in [-0.4, -0.2) is 36.0 Å². The molecule has 0 unspecified atom stereocenters. The fraction of sp³-hybridized carbons (Fsp3) is 0.250. The van der Waals surface area contributed by atoms with Gasteiger partial charge in [-0.25, -0.2) is 9.97 Å². The van der Waals surface area contributed by atoms with E-state index in [1.807, 2.05) is 30.3 Å². The number of carbonyl (C=O) groups is 1. The van der Waals surface area contributed by atoms with Gasteiger partial charge >= 0.3 is 0 Å². The molecule has 0 saturated heterocycles. The molecule has 1 amide bonds. The quantitative estimate of drug-likeness (QED) is 0.498. The van der Waals surface area contributed by atoms with Gasteiger partial charge < -0.3 is 19.3 Å². The molecule has 2 N–H and O–H groups in total. The lowest BCUT2D eigenvalue weighted by Crippen LogP contribution is -2.16. The highest BCUT2D eigenvalue weighted by molar-refractivity contribution is 6.05. The number of nitrogens with zero attached hydrogens (tertiary/aromatic N) is 5. The van der Waals surface area contributed by atoms with Crippen LogP contribution in [0.15, 0.2) is 51.6 Å². The molecule has 1 aromatic carbocycles. The summed E-state index contributed by atoms with van der Waals surface area (Å²) in [5, 5.41) is 20.9. The molecule has 4 aromatic rings. The van der Waals surface area contributed by atoms with Crippen molar-refractivity contribution in [2.45, 2.75) is 32.9 Å². The van der Waals surface area contributed by atoms with Crippen LogP contribution in [0.1, 0.15) is 41.8 Å². The minimum absolute atomic E-state index is 0.143. The molecule has 3 heterocycles. The summed E-state index contributed by atoms with van der Waals surface area (Å²) in [5.41, 5.74) is 0.215. The molecule has 0 fully saturated rings. The third kappa shape index (κ3) is 4.13. The summed E-state index contributed by atoms with van der Waals surface area (Å²) in [6.45, 7) is 5.05. The van der Waals surface area contributed by atoms with Gasteiger partial charge in [0.1, 0.15) is 24.1 Å². The van der Waals surface area contributed by atoms with Crippen LogP contribution < -0.4 is 5.32 Å². The summed E-state index contributed by atoms with van der Waals surface area (Å²) in [4.78, 5) is 22.5. The third-order valence-corrected chi connectivity index (χ3v) is 4.22. The van der Waals surface area contributed by atoms with E-state index < -0.39 is 11.5 Å². The van der Waals surface area contributed by atoms with Gasteiger partial charge in [-0.2, -0.15) is 9.90 Å². The van der Waals surface area contributed by atoms with Gasteiger partial charge in [-0.05, 0) is 13.8 Å². The highest BCUT2D eigenvalue weighted by atomic mass is 16.4. The number of aromatic nitrogens is 5. The normalized spacial score (nSPS) is 11.6. The molecule has 10 nitrogen and oxygen atoms in total. The van der Waals surface area contributed by atoms with Gasteiger partial charge in [0.2, 0.25) is 5.89 Å². The van der Waals surface area contributed by atoms with Gasteiger partial charge in [-0.15, -0.1) is 5.10 Å². The molecule has 0 radical (unpaired) electrons. The van der Waals surface area contributed by atoms with Gasteiger partial charge in [0.15, 0.2) is 23.2 Å². The van der Waals surface area contributed by atoms with Crippen molar-refractivity contribution in [1.82, 2.24) is 25.0 Å². The van der Waals surface area contributed by atoms with Crippen molar-refractivity contribution >= 4 is 11.7 Å². The molecule has 10 heteroatoms. The molecule has 0 aliphatic rings. The number of benzene rings is 1. The summed E-state index contributed by atoms with van der Waals surface area (Å²) >= 11 is 0. The summed E-state index contributed by atoms with van der Waals surface area (Å²) in [7, 11) is 0. The Balaban J connectivity index is 1.48. The van der Waals surface area contributed by atoms with Crippen LogP contribution in [-0.2, 0) is 12.1 Å². The van der Waals surface area contributed by atoms with E-state index in [-0.39, 0.29) is 18.1 Å². The van der Waals surface area contributed by atoms with Gasteiger partial charge in [0.25, 0.3) is 5.91 Å². The van der Waals surface area contributed by atoms with Crippen molar-refractivity contribution in [2.75, 3.05) is 5.32 Å². The lowest BCUT2D eigenvalue weighted by atomic mass is 10.1. The maximum atomic E-state index is 12.7. The summed E-state index contributed by atoms with van der Waals surface area (Å²) in [6.07, 6.45) is 2.80. The summed E-state index contributed by atoms with van der Waals surface area (Å²) < 4.78 is 11.0. The van der Waals surface area contributed by atoms with Crippen LogP contribution in [0.4, 0.5) is 5.82 Å². The highest BCUT2D eigenvalue weighted by Crippen LogP contribution is 2.25. The van der Waals surface area contributed by atoms with E-state index >= 15 is 0 Å². The van der Waals surface area contributed by atoms with E-state index in [1.165, 1.54) is 17.3 Å². The zero-order valence-electron chi connectivity index (χ0n) is 16.7. The Bertz CT molecular complexity index is 1170. The molecule has 3 aromatic heterocycles. The Morgan fingerprint density at radius 3 is 2.70 bits per heavy atom. The number of rotatable bonds is 6. The SMILES string of the molecule is Cc1nc(C(=O)Nc2cnn(Cc3nc(C(C)(C)O)co3)n2)c(-c2ccccc2)o1. The molecular formula is C20H20N6O4. The van der Waals surface area contributed by atoms with E-state index in [1.54, 1.807) is 20.8 Å². The number of amides is 1. The Kier molecular flexibility index (Phi) is 4.92. The van der Waals surface area contributed by atoms with Crippen LogP contribution in [0.25, 0.3) is 11.3 Å². The topological polar surface area (TPSA) is 132 Å². The number of hydrogen-bond acceptors (Lipinski definition) is 8. The summed E-state index contributed by atoms with van der Waals surface area (Å²) in [6, 6.07) is 9.26. The monoisotopic (exact) mass is 408 g/mol. The second-order valence-electron chi connectivity index (χ2n) is 7.18. The van der Waals surface area contributed by atoms with Gasteiger partial charge in [-0.3, -0.25) is 4.79 Å². The smallest absolute Gasteiger partial charge is 0.279 e. The van der Waals surface area contributed by atoms with Crippen molar-refractivity contribution in [3.63, 3.8) is 0 Å². The predicted octanol–water partition coefficient (Wildman–Crippen LogP) is 2.76. The van der Waals surface area contributed by atoms with E-state index in [4.69, 9.17) is 8.83 Å². The molecular weight excluding hydrogens is 388 g/mol. The van der Waals surface area contributed by atoms with E-state index in [0.29, 0.717) is 23.2 Å². The third-order valence-electron chi connectivity index (χ3n) is 4.22. The highest BCUT2D eigenvalue weighted by Gasteiger charge is 2.22. The number of hydrogen-bond donors (Lipinski definition) is 2. The average Bonchev–Trinajstić information content (AvgIpc) is 3.43. The minimum Gasteiger partial charge on any atom is -0.446 e. The Labute approximate surface area is 171 Å². The number of nitrogens with one attached hydrogen (secondary N) is 1. The number of oxazole rings is 2. The first kappa shape index (κ1) is 19.5. The number of aryl methyl sites for hydroxylation is 1. The molecule has 0 bridgehead atoms. The van der Waals surface area contributed by atoms with E-state index in [2.05, 4.69) is 25.5 Å². The number of aliphatic hydroxyl groups is 1. The molecule has 0 saturated carbocycles. The van der Waals surface area contributed by atoms with Crippen LogP contribution >= 0.6 is 0 Å². The molecule has 0 aliphatic carbocycles. The maximum absolute atomic E-state index is 12.7. The number of anilines is 1.